The first-order chi connectivity index (χ1) is 16.2. The molecule has 0 saturated carbocycles. The highest BCUT2D eigenvalue weighted by atomic mass is 16.2. The van der Waals surface area contributed by atoms with Gasteiger partial charge in [-0.05, 0) is 61.6 Å². The Hall–Kier alpha value is -2.42. The maximum atomic E-state index is 13.1. The zero-order chi connectivity index (χ0) is 27.7. The number of rotatable bonds is 6. The van der Waals surface area contributed by atoms with Crippen LogP contribution in [0.5, 0.6) is 0 Å². The van der Waals surface area contributed by atoms with E-state index in [4.69, 9.17) is 0 Å². The van der Waals surface area contributed by atoms with Crippen LogP contribution in [-0.2, 0) is 33.0 Å². The molecule has 2 aromatic rings. The van der Waals surface area contributed by atoms with Gasteiger partial charge in [-0.2, -0.15) is 0 Å². The number of hydrogen-bond acceptors (Lipinski definition) is 2. The molecule has 0 spiro atoms. The highest BCUT2D eigenvalue weighted by Crippen LogP contribution is 2.32. The third kappa shape index (κ3) is 8.32. The number of ketones is 1. The number of amides is 1. The molecule has 0 atom stereocenters. The van der Waals surface area contributed by atoms with Gasteiger partial charge in [0.2, 0.25) is 5.91 Å². The highest BCUT2D eigenvalue weighted by molar-refractivity contribution is 5.98. The Bertz CT molecular complexity index is 1030. The Morgan fingerprint density at radius 2 is 0.917 bits per heavy atom. The number of benzene rings is 2. The molecule has 0 fully saturated rings. The van der Waals surface area contributed by atoms with Crippen LogP contribution in [0.25, 0.3) is 0 Å². The van der Waals surface area contributed by atoms with Crippen molar-refractivity contribution in [2.24, 2.45) is 0 Å². The van der Waals surface area contributed by atoms with Crippen molar-refractivity contribution in [1.82, 2.24) is 5.32 Å². The minimum absolute atomic E-state index is 0.0199. The smallest absolute Gasteiger partial charge is 0.220 e. The van der Waals surface area contributed by atoms with E-state index < -0.39 is 0 Å². The summed E-state index contributed by atoms with van der Waals surface area (Å²) in [6.45, 7) is 26.7. The van der Waals surface area contributed by atoms with E-state index in [2.05, 4.69) is 113 Å². The average Bonchev–Trinajstić information content (AvgIpc) is 2.73. The molecule has 0 saturated heterocycles. The minimum Gasteiger partial charge on any atom is -0.352 e. The summed E-state index contributed by atoms with van der Waals surface area (Å²) in [6, 6.07) is 12.9. The Morgan fingerprint density at radius 3 is 1.28 bits per heavy atom. The van der Waals surface area contributed by atoms with Crippen molar-refractivity contribution < 1.29 is 9.59 Å². The lowest BCUT2D eigenvalue weighted by Gasteiger charge is -2.26. The SMILES string of the molecule is CC(C)(C)c1cc(CNC(=O)CCC(=O)c2cc(C(C)(C)C)cc(C(C)(C)C)c2)cc(C(C)(C)C)c1. The Morgan fingerprint density at radius 1 is 0.556 bits per heavy atom. The Balaban J connectivity index is 2.13. The predicted octanol–water partition coefficient (Wildman–Crippen LogP) is 8.16. The summed E-state index contributed by atoms with van der Waals surface area (Å²) in [5.41, 5.74) is 6.58. The van der Waals surface area contributed by atoms with Crippen LogP contribution in [0.2, 0.25) is 0 Å². The first kappa shape index (κ1) is 29.8. The zero-order valence-corrected chi connectivity index (χ0v) is 24.9. The molecule has 0 aliphatic rings. The van der Waals surface area contributed by atoms with E-state index >= 15 is 0 Å². The van der Waals surface area contributed by atoms with Gasteiger partial charge in [0.15, 0.2) is 5.78 Å². The number of hydrogen-bond donors (Lipinski definition) is 1. The normalized spacial score (nSPS) is 13.0. The summed E-state index contributed by atoms with van der Waals surface area (Å²) in [7, 11) is 0. The van der Waals surface area contributed by atoms with E-state index in [1.54, 1.807) is 0 Å². The van der Waals surface area contributed by atoms with Crippen molar-refractivity contribution in [3.05, 3.63) is 69.8 Å². The van der Waals surface area contributed by atoms with Gasteiger partial charge in [-0.15, -0.1) is 0 Å². The van der Waals surface area contributed by atoms with Crippen LogP contribution < -0.4 is 5.32 Å². The van der Waals surface area contributed by atoms with Gasteiger partial charge >= 0.3 is 0 Å². The molecular formula is C33H49NO2. The minimum atomic E-state index is -0.0927. The van der Waals surface area contributed by atoms with E-state index in [1.807, 2.05) is 12.1 Å². The van der Waals surface area contributed by atoms with Crippen LogP contribution in [0.1, 0.15) is 134 Å². The van der Waals surface area contributed by atoms with Gasteiger partial charge in [0.1, 0.15) is 0 Å². The van der Waals surface area contributed by atoms with Crippen molar-refractivity contribution in [3.63, 3.8) is 0 Å². The third-order valence-corrected chi connectivity index (χ3v) is 6.78. The maximum absolute atomic E-state index is 13.1. The second kappa shape index (κ2) is 10.5. The quantitative estimate of drug-likeness (QED) is 0.414. The molecule has 0 aliphatic heterocycles. The second-order valence-corrected chi connectivity index (χ2v) is 14.4. The fourth-order valence-corrected chi connectivity index (χ4v) is 3.98. The molecule has 3 heteroatoms. The first-order valence-electron chi connectivity index (χ1n) is 13.3. The third-order valence-electron chi connectivity index (χ3n) is 6.78. The topological polar surface area (TPSA) is 46.2 Å². The highest BCUT2D eigenvalue weighted by Gasteiger charge is 2.23. The molecule has 0 radical (unpaired) electrons. The van der Waals surface area contributed by atoms with E-state index in [0.29, 0.717) is 12.1 Å². The average molecular weight is 492 g/mol. The fourth-order valence-electron chi connectivity index (χ4n) is 3.98. The summed E-state index contributed by atoms with van der Waals surface area (Å²) < 4.78 is 0. The number of carbonyl (C=O) groups is 2. The van der Waals surface area contributed by atoms with E-state index in [1.165, 1.54) is 11.1 Å². The van der Waals surface area contributed by atoms with Gasteiger partial charge in [-0.1, -0.05) is 107 Å². The molecule has 2 aromatic carbocycles. The van der Waals surface area contributed by atoms with Crippen molar-refractivity contribution in [2.75, 3.05) is 0 Å². The molecule has 36 heavy (non-hydrogen) atoms. The van der Waals surface area contributed by atoms with Crippen molar-refractivity contribution in [2.45, 2.75) is 124 Å². The fraction of sp³-hybridized carbons (Fsp3) is 0.576. The van der Waals surface area contributed by atoms with Gasteiger partial charge < -0.3 is 5.32 Å². The van der Waals surface area contributed by atoms with Crippen LogP contribution in [-0.4, -0.2) is 11.7 Å². The summed E-state index contributed by atoms with van der Waals surface area (Å²) in [4.78, 5) is 25.8. The monoisotopic (exact) mass is 491 g/mol. The van der Waals surface area contributed by atoms with E-state index in [0.717, 1.165) is 16.7 Å². The standard InChI is InChI=1S/C33H49NO2/c1-30(2,3)24-15-22(16-25(19-24)31(4,5)6)21-34-29(36)14-13-28(35)23-17-26(32(7,8)9)20-27(18-23)33(10,11)12/h15-20H,13-14,21H2,1-12H3,(H,34,36). The van der Waals surface area contributed by atoms with Crippen LogP contribution in [0.4, 0.5) is 0 Å². The lowest BCUT2D eigenvalue weighted by Crippen LogP contribution is -2.24. The molecule has 3 nitrogen and oxygen atoms in total. The van der Waals surface area contributed by atoms with E-state index in [-0.39, 0.29) is 46.2 Å². The van der Waals surface area contributed by atoms with Gasteiger partial charge in [-0.3, -0.25) is 9.59 Å². The Kier molecular flexibility index (Phi) is 8.71. The van der Waals surface area contributed by atoms with Gasteiger partial charge in [0, 0.05) is 24.9 Å². The molecular weight excluding hydrogens is 442 g/mol. The number of carbonyl (C=O) groups excluding carboxylic acids is 2. The summed E-state index contributed by atoms with van der Waals surface area (Å²) in [6.07, 6.45) is 0.396. The molecule has 0 bridgehead atoms. The Labute approximate surface area is 220 Å². The lowest BCUT2D eigenvalue weighted by atomic mass is 9.79. The maximum Gasteiger partial charge on any atom is 0.220 e. The summed E-state index contributed by atoms with van der Waals surface area (Å²) >= 11 is 0. The molecule has 198 valence electrons. The van der Waals surface area contributed by atoms with Crippen LogP contribution in [0, 0.1) is 0 Å². The first-order valence-corrected chi connectivity index (χ1v) is 13.3. The zero-order valence-electron chi connectivity index (χ0n) is 24.9. The number of nitrogens with one attached hydrogen (secondary N) is 1. The van der Waals surface area contributed by atoms with Gasteiger partial charge in [0.25, 0.3) is 0 Å². The molecule has 0 unspecified atom stereocenters. The molecule has 0 aromatic heterocycles. The number of Topliss-reactive ketones (excluding diaryl/α,β-unsaturated/α-hetero) is 1. The molecule has 0 aliphatic carbocycles. The van der Waals surface area contributed by atoms with Crippen LogP contribution in [0.15, 0.2) is 36.4 Å². The van der Waals surface area contributed by atoms with Crippen LogP contribution >= 0.6 is 0 Å². The van der Waals surface area contributed by atoms with Crippen molar-refractivity contribution >= 4 is 11.7 Å². The largest absolute Gasteiger partial charge is 0.352 e. The summed E-state index contributed by atoms with van der Waals surface area (Å²) in [5, 5.41) is 3.04. The van der Waals surface area contributed by atoms with Gasteiger partial charge in [-0.25, -0.2) is 0 Å². The lowest BCUT2D eigenvalue weighted by molar-refractivity contribution is -0.121. The second-order valence-electron chi connectivity index (χ2n) is 14.4. The van der Waals surface area contributed by atoms with Crippen LogP contribution in [0.3, 0.4) is 0 Å². The van der Waals surface area contributed by atoms with E-state index in [9.17, 15) is 9.59 Å². The summed E-state index contributed by atoms with van der Waals surface area (Å²) in [5.74, 6) is -0.0728. The van der Waals surface area contributed by atoms with Gasteiger partial charge in [0.05, 0.1) is 0 Å². The van der Waals surface area contributed by atoms with Crippen molar-refractivity contribution in [1.29, 1.82) is 0 Å². The van der Waals surface area contributed by atoms with Crippen molar-refractivity contribution in [3.8, 4) is 0 Å². The molecule has 1 amide bonds. The molecule has 2 rings (SSSR count). The molecule has 1 N–H and O–H groups in total. The molecule has 0 heterocycles. The predicted molar refractivity (Wildman–Crippen MR) is 153 cm³/mol.